The van der Waals surface area contributed by atoms with Crippen LogP contribution in [0.3, 0.4) is 0 Å². The van der Waals surface area contributed by atoms with Crippen molar-refractivity contribution in [3.05, 3.63) is 70.3 Å². The third kappa shape index (κ3) is 5.38. The van der Waals surface area contributed by atoms with E-state index >= 15 is 0 Å². The van der Waals surface area contributed by atoms with E-state index in [-0.39, 0.29) is 0 Å². The maximum absolute atomic E-state index is 2.82. The lowest BCUT2D eigenvalue weighted by atomic mass is 9.46. The highest BCUT2D eigenvalue weighted by atomic mass is 14.6. The zero-order valence-electron chi connectivity index (χ0n) is 26.5. The molecule has 0 aromatic heterocycles. The number of hydrogen-bond donors (Lipinski definition) is 0. The molecule has 0 heterocycles. The molecule has 0 amide bonds. The van der Waals surface area contributed by atoms with Gasteiger partial charge in [-0.2, -0.15) is 0 Å². The fourth-order valence-corrected chi connectivity index (χ4v) is 11.7. The highest BCUT2D eigenvalue weighted by Crippen LogP contribution is 2.63. The lowest BCUT2D eigenvalue weighted by molar-refractivity contribution is -0.0456. The van der Waals surface area contributed by atoms with Crippen LogP contribution in [0.25, 0.3) is 0 Å². The molecule has 0 spiro atoms. The number of hydrogen-bond acceptors (Lipinski definition) is 0. The van der Waals surface area contributed by atoms with Crippen LogP contribution in [-0.2, 0) is 6.42 Å². The highest BCUT2D eigenvalue weighted by molar-refractivity contribution is 5.39. The van der Waals surface area contributed by atoms with Crippen LogP contribution >= 0.6 is 0 Å². The zero-order chi connectivity index (χ0) is 27.8. The minimum absolute atomic E-state index is 0.733. The largest absolute Gasteiger partial charge is 0.0648 e. The molecule has 5 aliphatic carbocycles. The Labute approximate surface area is 252 Å². The van der Waals surface area contributed by atoms with Gasteiger partial charge >= 0.3 is 0 Å². The Hall–Kier alpha value is -1.56. The highest BCUT2D eigenvalue weighted by Gasteiger charge is 2.54. The van der Waals surface area contributed by atoms with E-state index in [2.05, 4.69) is 56.3 Å². The maximum atomic E-state index is 2.82. The van der Waals surface area contributed by atoms with Gasteiger partial charge in [-0.1, -0.05) is 101 Å². The summed E-state index contributed by atoms with van der Waals surface area (Å²) in [7, 11) is 0. The van der Waals surface area contributed by atoms with E-state index in [0.717, 1.165) is 53.3 Å². The summed E-state index contributed by atoms with van der Waals surface area (Å²) in [5.74, 6) is 7.84. The molecule has 222 valence electrons. The van der Waals surface area contributed by atoms with E-state index in [4.69, 9.17) is 0 Å². The fraction of sp³-hybridized carbons (Fsp3) is 0.707. The zero-order valence-corrected chi connectivity index (χ0v) is 26.5. The van der Waals surface area contributed by atoms with E-state index in [0.29, 0.717) is 0 Å². The third-order valence-electron chi connectivity index (χ3n) is 13.5. The van der Waals surface area contributed by atoms with Crippen molar-refractivity contribution >= 4 is 0 Å². The molecule has 5 aliphatic rings. The second-order valence-corrected chi connectivity index (χ2v) is 15.3. The van der Waals surface area contributed by atoms with Crippen LogP contribution in [-0.4, -0.2) is 0 Å². The molecular weight excluding hydrogens is 492 g/mol. The van der Waals surface area contributed by atoms with E-state index in [9.17, 15) is 0 Å². The number of rotatable bonds is 6. The Morgan fingerprint density at radius 1 is 0.610 bits per heavy atom. The van der Waals surface area contributed by atoms with Crippen LogP contribution < -0.4 is 0 Å². The van der Waals surface area contributed by atoms with Gasteiger partial charge in [-0.15, -0.1) is 0 Å². The van der Waals surface area contributed by atoms with Gasteiger partial charge in [-0.05, 0) is 152 Å². The molecule has 4 saturated carbocycles. The summed E-state index contributed by atoms with van der Waals surface area (Å²) in [6.45, 7) is 4.87. The summed E-state index contributed by atoms with van der Waals surface area (Å²) in [4.78, 5) is 0. The van der Waals surface area contributed by atoms with Gasteiger partial charge in [0.2, 0.25) is 0 Å². The Kier molecular flexibility index (Phi) is 8.66. The summed E-state index contributed by atoms with van der Waals surface area (Å²) in [6, 6.07) is 18.0. The standard InChI is InChI=1S/C41H58/c1-3-28(4-2)31-25-32(29-15-6-5-7-16-29)27-33(26-31)40-36-20-10-12-22-38(36)41(39-23-13-11-21-37(39)40)35-24-14-18-30-17-8-9-19-34(30)35/h8-9,17,19,25-29,35-41H,3-7,10-16,18,20-24H2,1-2H3/t35?,36?,37?,38-,39?,40?,41?/m0/s1. The van der Waals surface area contributed by atoms with Crippen LogP contribution in [0.1, 0.15) is 174 Å². The van der Waals surface area contributed by atoms with Crippen molar-refractivity contribution in [3.8, 4) is 0 Å². The minimum Gasteiger partial charge on any atom is -0.0648 e. The van der Waals surface area contributed by atoms with E-state index in [1.807, 2.05) is 5.56 Å². The van der Waals surface area contributed by atoms with Gasteiger partial charge in [0.1, 0.15) is 0 Å². The smallest absolute Gasteiger partial charge is 0.00996 e. The maximum Gasteiger partial charge on any atom is -0.00996 e. The monoisotopic (exact) mass is 550 g/mol. The average Bonchev–Trinajstić information content (AvgIpc) is 3.04. The minimum atomic E-state index is 0.733. The molecule has 0 heteroatoms. The molecule has 0 radical (unpaired) electrons. The van der Waals surface area contributed by atoms with Crippen molar-refractivity contribution in [2.24, 2.45) is 29.6 Å². The van der Waals surface area contributed by atoms with Gasteiger partial charge in [0.05, 0.1) is 0 Å². The van der Waals surface area contributed by atoms with Crippen molar-refractivity contribution in [3.63, 3.8) is 0 Å². The molecule has 0 aliphatic heterocycles. The van der Waals surface area contributed by atoms with E-state index < -0.39 is 0 Å². The number of fused-ring (bicyclic) bond motifs is 3. The third-order valence-corrected chi connectivity index (χ3v) is 13.5. The second-order valence-electron chi connectivity index (χ2n) is 15.3. The molecule has 2 aromatic rings. The molecule has 41 heavy (non-hydrogen) atoms. The Morgan fingerprint density at radius 3 is 1.90 bits per heavy atom. The molecule has 7 atom stereocenters. The van der Waals surface area contributed by atoms with Gasteiger partial charge < -0.3 is 0 Å². The first kappa shape index (κ1) is 28.2. The van der Waals surface area contributed by atoms with Crippen molar-refractivity contribution in [2.75, 3.05) is 0 Å². The average molecular weight is 551 g/mol. The topological polar surface area (TPSA) is 0 Å². The molecular formula is C41H58. The fourth-order valence-electron chi connectivity index (χ4n) is 11.7. The predicted molar refractivity (Wildman–Crippen MR) is 175 cm³/mol. The SMILES string of the molecule is CCC(CC)c1cc(C2CCCCC2)cc(C2C3CCCCC3C(C3CCCc4ccccc43)[C@H]3CCCCC23)c1. The summed E-state index contributed by atoms with van der Waals surface area (Å²) < 4.78 is 0. The van der Waals surface area contributed by atoms with Crippen molar-refractivity contribution in [2.45, 2.75) is 153 Å². The Morgan fingerprint density at radius 2 is 1.22 bits per heavy atom. The van der Waals surface area contributed by atoms with Gasteiger partial charge in [-0.3, -0.25) is 0 Å². The van der Waals surface area contributed by atoms with Gasteiger partial charge in [0.25, 0.3) is 0 Å². The lowest BCUT2D eigenvalue weighted by Gasteiger charge is -2.58. The molecule has 6 unspecified atom stereocenters. The Bertz CT molecular complexity index is 1120. The first-order valence-electron chi connectivity index (χ1n) is 18.5. The second kappa shape index (κ2) is 12.6. The Balaban J connectivity index is 1.31. The van der Waals surface area contributed by atoms with E-state index in [1.54, 1.807) is 22.3 Å². The molecule has 0 saturated heterocycles. The van der Waals surface area contributed by atoms with Gasteiger partial charge in [0.15, 0.2) is 0 Å². The molecule has 0 N–H and O–H groups in total. The van der Waals surface area contributed by atoms with Crippen LogP contribution in [0.2, 0.25) is 0 Å². The molecule has 0 bridgehead atoms. The molecule has 2 aromatic carbocycles. The first-order chi connectivity index (χ1) is 20.3. The van der Waals surface area contributed by atoms with Crippen LogP contribution in [0.4, 0.5) is 0 Å². The predicted octanol–water partition coefficient (Wildman–Crippen LogP) is 12.1. The summed E-state index contributed by atoms with van der Waals surface area (Å²) in [5.41, 5.74) is 8.72. The van der Waals surface area contributed by atoms with Crippen molar-refractivity contribution < 1.29 is 0 Å². The molecule has 0 nitrogen and oxygen atoms in total. The summed E-state index contributed by atoms with van der Waals surface area (Å²) in [6.07, 6.45) is 25.9. The number of aryl methyl sites for hydroxylation is 1. The molecule has 4 fully saturated rings. The van der Waals surface area contributed by atoms with Gasteiger partial charge in [-0.25, -0.2) is 0 Å². The van der Waals surface area contributed by atoms with Crippen molar-refractivity contribution in [1.29, 1.82) is 0 Å². The van der Waals surface area contributed by atoms with Crippen LogP contribution in [0.15, 0.2) is 42.5 Å². The molecule has 7 rings (SSSR count). The van der Waals surface area contributed by atoms with Crippen LogP contribution in [0, 0.1) is 29.6 Å². The van der Waals surface area contributed by atoms with Crippen molar-refractivity contribution in [1.82, 2.24) is 0 Å². The first-order valence-corrected chi connectivity index (χ1v) is 18.5. The lowest BCUT2D eigenvalue weighted by Crippen LogP contribution is -2.50. The van der Waals surface area contributed by atoms with Crippen LogP contribution in [0.5, 0.6) is 0 Å². The normalized spacial score (nSPS) is 34.1. The van der Waals surface area contributed by atoms with Gasteiger partial charge in [0, 0.05) is 0 Å². The summed E-state index contributed by atoms with van der Waals surface area (Å²) >= 11 is 0. The number of benzene rings is 2. The van der Waals surface area contributed by atoms with E-state index in [1.165, 1.54) is 116 Å². The summed E-state index contributed by atoms with van der Waals surface area (Å²) in [5, 5.41) is 0. The quantitative estimate of drug-likeness (QED) is 0.335.